The van der Waals surface area contributed by atoms with E-state index in [4.69, 9.17) is 15.3 Å². The van der Waals surface area contributed by atoms with E-state index in [0.717, 1.165) is 0 Å². The SMILES string of the molecule is COc1ccc(C(Nc2ccc(F)c(C3(C)CS(=O)N(C)C(N)=N3)c2)=[N+](C)OC)nc1. The third-order valence-corrected chi connectivity index (χ3v) is 6.61. The molecule has 0 amide bonds. The van der Waals surface area contributed by atoms with E-state index >= 15 is 0 Å². The first-order valence-corrected chi connectivity index (χ1v) is 10.7. The fraction of sp³-hybridized carbons (Fsp3) is 0.350. The second kappa shape index (κ2) is 8.88. The van der Waals surface area contributed by atoms with Gasteiger partial charge in [-0.05, 0) is 37.3 Å². The molecule has 9 nitrogen and oxygen atoms in total. The Balaban J connectivity index is 2.01. The van der Waals surface area contributed by atoms with E-state index in [1.165, 1.54) is 22.2 Å². The molecule has 0 saturated heterocycles. The first-order chi connectivity index (χ1) is 14.7. The van der Waals surface area contributed by atoms with Crippen LogP contribution in [0.4, 0.5) is 10.1 Å². The molecule has 11 heteroatoms. The third-order valence-electron chi connectivity index (χ3n) is 5.01. The fourth-order valence-corrected chi connectivity index (χ4v) is 4.27. The molecule has 0 bridgehead atoms. The van der Waals surface area contributed by atoms with Crippen molar-refractivity contribution in [3.63, 3.8) is 0 Å². The largest absolute Gasteiger partial charge is 0.495 e. The van der Waals surface area contributed by atoms with Crippen LogP contribution < -0.4 is 15.8 Å². The Morgan fingerprint density at radius 1 is 1.35 bits per heavy atom. The van der Waals surface area contributed by atoms with Gasteiger partial charge in [0.1, 0.15) is 47.9 Å². The molecule has 2 atom stereocenters. The van der Waals surface area contributed by atoms with E-state index in [1.54, 1.807) is 58.6 Å². The minimum absolute atomic E-state index is 0.0960. The van der Waals surface area contributed by atoms with Crippen LogP contribution in [0.3, 0.4) is 0 Å². The zero-order valence-corrected chi connectivity index (χ0v) is 18.9. The number of hydrogen-bond donors (Lipinski definition) is 2. The van der Waals surface area contributed by atoms with Crippen molar-refractivity contribution in [3.05, 3.63) is 53.6 Å². The summed E-state index contributed by atoms with van der Waals surface area (Å²) in [5.41, 5.74) is 6.28. The predicted molar refractivity (Wildman–Crippen MR) is 118 cm³/mol. The van der Waals surface area contributed by atoms with Gasteiger partial charge in [0.2, 0.25) is 5.96 Å². The zero-order valence-electron chi connectivity index (χ0n) is 18.0. The van der Waals surface area contributed by atoms with Crippen LogP contribution in [0.25, 0.3) is 0 Å². The summed E-state index contributed by atoms with van der Waals surface area (Å²) in [6, 6.07) is 8.10. The van der Waals surface area contributed by atoms with Gasteiger partial charge in [0, 0.05) is 12.6 Å². The van der Waals surface area contributed by atoms with E-state index in [0.29, 0.717) is 23.0 Å². The van der Waals surface area contributed by atoms with Crippen molar-refractivity contribution in [1.29, 1.82) is 0 Å². The quantitative estimate of drug-likeness (QED) is 0.310. The molecular weight excluding hydrogens is 423 g/mol. The summed E-state index contributed by atoms with van der Waals surface area (Å²) >= 11 is 0. The number of rotatable bonds is 5. The number of aromatic nitrogens is 1. The Hall–Kier alpha value is -3.21. The van der Waals surface area contributed by atoms with Gasteiger partial charge in [0.25, 0.3) is 0 Å². The molecule has 1 aliphatic heterocycles. The highest BCUT2D eigenvalue weighted by Gasteiger charge is 2.38. The van der Waals surface area contributed by atoms with E-state index in [1.807, 2.05) is 0 Å². The van der Waals surface area contributed by atoms with Crippen molar-refractivity contribution in [3.8, 4) is 5.75 Å². The molecule has 0 radical (unpaired) electrons. The van der Waals surface area contributed by atoms with Gasteiger partial charge in [0.15, 0.2) is 5.69 Å². The minimum Gasteiger partial charge on any atom is -0.495 e. The maximum absolute atomic E-state index is 14.8. The molecule has 0 fully saturated rings. The van der Waals surface area contributed by atoms with E-state index < -0.39 is 22.3 Å². The zero-order chi connectivity index (χ0) is 22.8. The standard InChI is InChI=1S/C20H25FN6O3S/c1-20(12-31(28)27(3)19(22)25-20)15-10-13(6-8-16(15)21)24-18(26(2)30-5)17-9-7-14(29-4)11-23-17/h6-11H,12H2,1-5H3,(H2,22,25)/p+1. The Labute approximate surface area is 182 Å². The van der Waals surface area contributed by atoms with Crippen molar-refractivity contribution >= 4 is 28.5 Å². The number of nitrogens with two attached hydrogens (primary N) is 1. The lowest BCUT2D eigenvalue weighted by Crippen LogP contribution is -2.47. The van der Waals surface area contributed by atoms with Crippen LogP contribution in [0.1, 0.15) is 18.2 Å². The molecule has 1 aliphatic rings. The molecule has 31 heavy (non-hydrogen) atoms. The summed E-state index contributed by atoms with van der Waals surface area (Å²) in [7, 11) is 4.97. The number of nitrogens with one attached hydrogen (secondary N) is 1. The summed E-state index contributed by atoms with van der Waals surface area (Å²) in [6.45, 7) is 1.71. The number of nitrogens with zero attached hydrogens (tertiary/aromatic N) is 4. The molecule has 0 aliphatic carbocycles. The lowest BCUT2D eigenvalue weighted by molar-refractivity contribution is -0.760. The van der Waals surface area contributed by atoms with Gasteiger partial charge in [-0.1, -0.05) is 4.74 Å². The number of halogens is 1. The van der Waals surface area contributed by atoms with Crippen LogP contribution in [0.5, 0.6) is 5.75 Å². The van der Waals surface area contributed by atoms with Gasteiger partial charge in [-0.3, -0.25) is 4.31 Å². The minimum atomic E-state index is -1.42. The molecule has 2 unspecified atom stereocenters. The van der Waals surface area contributed by atoms with E-state index in [9.17, 15) is 8.60 Å². The number of anilines is 1. The highest BCUT2D eigenvalue weighted by molar-refractivity contribution is 7.83. The summed E-state index contributed by atoms with van der Waals surface area (Å²) < 4.78 is 35.3. The van der Waals surface area contributed by atoms with Crippen molar-refractivity contribution in [2.75, 3.05) is 39.4 Å². The number of pyridine rings is 1. The Morgan fingerprint density at radius 3 is 2.68 bits per heavy atom. The smallest absolute Gasteiger partial charge is 0.339 e. The number of benzene rings is 1. The van der Waals surface area contributed by atoms with Crippen LogP contribution in [-0.2, 0) is 21.4 Å². The Morgan fingerprint density at radius 2 is 2.10 bits per heavy atom. The molecule has 2 heterocycles. The summed E-state index contributed by atoms with van der Waals surface area (Å²) in [5.74, 6) is 0.891. The second-order valence-corrected chi connectivity index (χ2v) is 8.62. The third kappa shape index (κ3) is 4.61. The van der Waals surface area contributed by atoms with Crippen LogP contribution in [0.2, 0.25) is 0 Å². The number of guanidine groups is 1. The maximum atomic E-state index is 14.8. The summed E-state index contributed by atoms with van der Waals surface area (Å²) in [5, 5.41) is 3.22. The molecule has 166 valence electrons. The van der Waals surface area contributed by atoms with Gasteiger partial charge >= 0.3 is 5.84 Å². The maximum Gasteiger partial charge on any atom is 0.339 e. The molecule has 1 aromatic carbocycles. The van der Waals surface area contributed by atoms with Crippen LogP contribution in [0.15, 0.2) is 41.5 Å². The Kier molecular flexibility index (Phi) is 6.44. The number of methoxy groups -OCH3 is 1. The van der Waals surface area contributed by atoms with Crippen molar-refractivity contribution < 1.29 is 22.9 Å². The molecule has 0 spiro atoms. The van der Waals surface area contributed by atoms with Gasteiger partial charge in [-0.2, -0.15) is 0 Å². The lowest BCUT2D eigenvalue weighted by Gasteiger charge is -2.34. The van der Waals surface area contributed by atoms with E-state index in [-0.39, 0.29) is 17.3 Å². The van der Waals surface area contributed by atoms with Crippen LogP contribution in [-0.4, -0.2) is 64.1 Å². The topological polar surface area (TPSA) is 105 Å². The first-order valence-electron chi connectivity index (χ1n) is 9.38. The van der Waals surface area contributed by atoms with Crippen LogP contribution >= 0.6 is 0 Å². The van der Waals surface area contributed by atoms with Gasteiger partial charge < -0.3 is 15.3 Å². The monoisotopic (exact) mass is 449 g/mol. The van der Waals surface area contributed by atoms with Crippen molar-refractivity contribution in [1.82, 2.24) is 9.29 Å². The predicted octanol–water partition coefficient (Wildman–Crippen LogP) is 1.43. The second-order valence-electron chi connectivity index (χ2n) is 7.14. The van der Waals surface area contributed by atoms with Gasteiger partial charge in [0.05, 0.1) is 19.1 Å². The summed E-state index contributed by atoms with van der Waals surface area (Å²) in [4.78, 5) is 14.1. The van der Waals surface area contributed by atoms with Crippen molar-refractivity contribution in [2.45, 2.75) is 12.5 Å². The van der Waals surface area contributed by atoms with Gasteiger partial charge in [-0.25, -0.2) is 23.9 Å². The van der Waals surface area contributed by atoms with Gasteiger partial charge in [-0.15, -0.1) is 0 Å². The highest BCUT2D eigenvalue weighted by atomic mass is 32.2. The van der Waals surface area contributed by atoms with Crippen molar-refractivity contribution in [2.24, 2.45) is 10.7 Å². The molecule has 0 saturated carbocycles. The number of ether oxygens (including phenoxy) is 1. The van der Waals surface area contributed by atoms with E-state index in [2.05, 4.69) is 15.3 Å². The average molecular weight is 450 g/mol. The first kappa shape index (κ1) is 22.5. The normalized spacial score (nSPS) is 21.8. The Bertz CT molecular complexity index is 1060. The lowest BCUT2D eigenvalue weighted by atomic mass is 9.93. The molecule has 3 N–H and O–H groups in total. The fourth-order valence-electron chi connectivity index (χ4n) is 3.12. The highest BCUT2D eigenvalue weighted by Crippen LogP contribution is 2.33. The molecule has 3 rings (SSSR count). The van der Waals surface area contributed by atoms with Crippen LogP contribution in [0, 0.1) is 5.82 Å². The number of amidine groups is 1. The summed E-state index contributed by atoms with van der Waals surface area (Å²) in [6.07, 6.45) is 1.59. The average Bonchev–Trinajstić information content (AvgIpc) is 2.76. The number of hydroxylamine groups is 1. The molecular formula is C20H26FN6O3S+. The molecule has 2 aromatic rings. The number of aliphatic imine (C=N–C) groups is 1. The molecule has 1 aromatic heterocycles. The number of hydrogen-bond acceptors (Lipinski definition) is 6.